The minimum absolute atomic E-state index is 0.0362. The van der Waals surface area contributed by atoms with Gasteiger partial charge in [-0.05, 0) is 32.4 Å². The van der Waals surface area contributed by atoms with Crippen molar-refractivity contribution < 1.29 is 23.3 Å². The standard InChI is InChI=1S/C21H20F2N8O4S/c1-4-29-8-11(9(3)28-29)10-6-12(18(22)23)26-21-14(10)15(17(36-21)19(24)32)27-20(33)16-13(31(34)35)7-25-30(16)5-2/h6-8,18H,4-5H2,1-3H3,(H2,24,32)(H,27,33). The predicted octanol–water partition coefficient (Wildman–Crippen LogP) is 3.90. The molecule has 4 rings (SSSR count). The molecule has 4 aromatic heterocycles. The monoisotopic (exact) mass is 518 g/mol. The number of nitrogens with zero attached hydrogens (tertiary/aromatic N) is 6. The molecule has 2 amide bonds. The van der Waals surface area contributed by atoms with Crippen molar-refractivity contribution in [2.24, 2.45) is 5.73 Å². The molecule has 188 valence electrons. The van der Waals surface area contributed by atoms with Gasteiger partial charge in [0.2, 0.25) is 5.69 Å². The van der Waals surface area contributed by atoms with Crippen molar-refractivity contribution in [3.8, 4) is 11.1 Å². The Morgan fingerprint density at radius 2 is 2.00 bits per heavy atom. The smallest absolute Gasteiger partial charge is 0.320 e. The number of fused-ring (bicyclic) bond motifs is 1. The number of nitro groups is 1. The fourth-order valence-electron chi connectivity index (χ4n) is 3.83. The molecule has 0 spiro atoms. The van der Waals surface area contributed by atoms with Crippen molar-refractivity contribution in [1.29, 1.82) is 0 Å². The Bertz CT molecular complexity index is 1520. The van der Waals surface area contributed by atoms with Crippen LogP contribution in [0.1, 0.15) is 51.8 Å². The van der Waals surface area contributed by atoms with Gasteiger partial charge in [0.05, 0.1) is 16.3 Å². The van der Waals surface area contributed by atoms with E-state index >= 15 is 0 Å². The zero-order chi connectivity index (χ0) is 26.3. The largest absolute Gasteiger partial charge is 0.365 e. The highest BCUT2D eigenvalue weighted by Gasteiger charge is 2.30. The number of aromatic nitrogens is 5. The summed E-state index contributed by atoms with van der Waals surface area (Å²) in [6.07, 6.45) is -0.305. The molecule has 0 aromatic carbocycles. The summed E-state index contributed by atoms with van der Waals surface area (Å²) in [5, 5.41) is 22.4. The third-order valence-corrected chi connectivity index (χ3v) is 6.56. The normalized spacial score (nSPS) is 11.4. The number of hydrogen-bond donors (Lipinski definition) is 2. The highest BCUT2D eigenvalue weighted by molar-refractivity contribution is 7.21. The zero-order valence-corrected chi connectivity index (χ0v) is 20.1. The number of pyridine rings is 1. The average Bonchev–Trinajstić information content (AvgIpc) is 3.53. The fraction of sp³-hybridized carbons (Fsp3) is 0.286. The maximum atomic E-state index is 13.7. The van der Waals surface area contributed by atoms with E-state index in [1.54, 1.807) is 24.7 Å². The van der Waals surface area contributed by atoms with Gasteiger partial charge in [-0.1, -0.05) is 0 Å². The first-order chi connectivity index (χ1) is 17.1. The van der Waals surface area contributed by atoms with Crippen LogP contribution in [0, 0.1) is 17.0 Å². The lowest BCUT2D eigenvalue weighted by Gasteiger charge is -2.11. The van der Waals surface area contributed by atoms with Gasteiger partial charge in [0.25, 0.3) is 18.2 Å². The number of carbonyl (C=O) groups excluding carboxylic acids is 2. The molecule has 0 aliphatic heterocycles. The molecule has 4 heterocycles. The van der Waals surface area contributed by atoms with Crippen LogP contribution in [0.15, 0.2) is 18.5 Å². The molecule has 0 aliphatic rings. The number of alkyl halides is 2. The summed E-state index contributed by atoms with van der Waals surface area (Å²) >= 11 is 0.733. The number of carbonyl (C=O) groups is 2. The van der Waals surface area contributed by atoms with E-state index in [4.69, 9.17) is 5.73 Å². The van der Waals surface area contributed by atoms with Crippen LogP contribution >= 0.6 is 11.3 Å². The number of thiophene rings is 1. The molecule has 4 aromatic rings. The Hall–Kier alpha value is -4.27. The summed E-state index contributed by atoms with van der Waals surface area (Å²) in [6.45, 7) is 5.86. The third-order valence-electron chi connectivity index (χ3n) is 5.46. The molecule has 15 heteroatoms. The number of hydrogen-bond acceptors (Lipinski definition) is 8. The van der Waals surface area contributed by atoms with Crippen molar-refractivity contribution in [3.63, 3.8) is 0 Å². The van der Waals surface area contributed by atoms with Crippen LogP contribution in [-0.4, -0.2) is 41.3 Å². The Morgan fingerprint density at radius 3 is 2.56 bits per heavy atom. The summed E-state index contributed by atoms with van der Waals surface area (Å²) in [5.74, 6) is -1.86. The Labute approximate surface area is 205 Å². The molecule has 0 atom stereocenters. The predicted molar refractivity (Wildman–Crippen MR) is 127 cm³/mol. The number of aryl methyl sites for hydroxylation is 3. The Balaban J connectivity index is 1.99. The SMILES string of the molecule is CCn1cc(-c2cc(C(F)F)nc3sc(C(N)=O)c(NC(=O)c4c([N+](=O)[O-])cnn4CC)c23)c(C)n1. The molecule has 0 saturated carbocycles. The van der Waals surface area contributed by atoms with Crippen LogP contribution in [0.2, 0.25) is 0 Å². The van der Waals surface area contributed by atoms with Crippen molar-refractivity contribution >= 4 is 44.7 Å². The maximum Gasteiger partial charge on any atom is 0.320 e. The quantitative estimate of drug-likeness (QED) is 0.264. The second kappa shape index (κ2) is 9.41. The molecule has 0 aliphatic carbocycles. The van der Waals surface area contributed by atoms with Crippen molar-refractivity contribution in [3.05, 3.63) is 50.5 Å². The first-order valence-electron chi connectivity index (χ1n) is 10.7. The summed E-state index contributed by atoms with van der Waals surface area (Å²) in [6, 6.07) is 1.17. The van der Waals surface area contributed by atoms with Crippen LogP contribution < -0.4 is 11.1 Å². The van der Waals surface area contributed by atoms with Crippen LogP contribution in [0.5, 0.6) is 0 Å². The summed E-state index contributed by atoms with van der Waals surface area (Å²) in [4.78, 5) is 40.1. The van der Waals surface area contributed by atoms with Gasteiger partial charge in [-0.3, -0.25) is 29.1 Å². The van der Waals surface area contributed by atoms with Gasteiger partial charge < -0.3 is 11.1 Å². The van der Waals surface area contributed by atoms with Gasteiger partial charge in [0.15, 0.2) is 0 Å². The minimum atomic E-state index is -2.91. The highest BCUT2D eigenvalue weighted by atomic mass is 32.1. The van der Waals surface area contributed by atoms with Crippen molar-refractivity contribution in [2.45, 2.75) is 40.3 Å². The molecule has 0 saturated heterocycles. The van der Waals surface area contributed by atoms with Gasteiger partial charge >= 0.3 is 5.69 Å². The van der Waals surface area contributed by atoms with E-state index in [0.717, 1.165) is 22.2 Å². The second-order valence-corrected chi connectivity index (χ2v) is 8.63. The number of halogens is 2. The van der Waals surface area contributed by atoms with Crippen molar-refractivity contribution in [2.75, 3.05) is 5.32 Å². The lowest BCUT2D eigenvalue weighted by molar-refractivity contribution is -0.385. The molecular weight excluding hydrogens is 498 g/mol. The summed E-state index contributed by atoms with van der Waals surface area (Å²) in [7, 11) is 0. The molecule has 12 nitrogen and oxygen atoms in total. The number of rotatable bonds is 8. The zero-order valence-electron chi connectivity index (χ0n) is 19.3. The lowest BCUT2D eigenvalue weighted by Crippen LogP contribution is -2.21. The number of primary amides is 1. The average molecular weight is 519 g/mol. The van der Waals surface area contributed by atoms with Gasteiger partial charge in [0, 0.05) is 30.2 Å². The van der Waals surface area contributed by atoms with Crippen LogP contribution in [0.25, 0.3) is 21.3 Å². The topological polar surface area (TPSA) is 164 Å². The number of anilines is 1. The van der Waals surface area contributed by atoms with E-state index in [1.165, 1.54) is 6.07 Å². The van der Waals surface area contributed by atoms with E-state index in [-0.39, 0.29) is 38.6 Å². The first kappa shape index (κ1) is 24.8. The number of nitrogens with two attached hydrogens (primary N) is 1. The van der Waals surface area contributed by atoms with Gasteiger partial charge in [-0.2, -0.15) is 10.2 Å². The maximum absolute atomic E-state index is 13.7. The summed E-state index contributed by atoms with van der Waals surface area (Å²) in [5.41, 5.74) is 5.32. The third kappa shape index (κ3) is 4.17. The molecule has 0 radical (unpaired) electrons. The molecule has 0 fully saturated rings. The molecule has 0 unspecified atom stereocenters. The van der Waals surface area contributed by atoms with Crippen LogP contribution in [0.4, 0.5) is 20.2 Å². The van der Waals surface area contributed by atoms with Crippen molar-refractivity contribution in [1.82, 2.24) is 24.5 Å². The first-order valence-corrected chi connectivity index (χ1v) is 11.5. The van der Waals surface area contributed by atoms with Crippen LogP contribution in [-0.2, 0) is 13.1 Å². The lowest BCUT2D eigenvalue weighted by atomic mass is 10.0. The summed E-state index contributed by atoms with van der Waals surface area (Å²) < 4.78 is 30.2. The Morgan fingerprint density at radius 1 is 1.28 bits per heavy atom. The molecule has 3 N–H and O–H groups in total. The van der Waals surface area contributed by atoms with E-state index < -0.39 is 34.5 Å². The number of nitrogens with one attached hydrogen (secondary N) is 1. The minimum Gasteiger partial charge on any atom is -0.365 e. The van der Waals surface area contributed by atoms with Gasteiger partial charge in [-0.25, -0.2) is 13.8 Å². The fourth-order valence-corrected chi connectivity index (χ4v) is 4.85. The van der Waals surface area contributed by atoms with Crippen LogP contribution in [0.3, 0.4) is 0 Å². The van der Waals surface area contributed by atoms with E-state index in [9.17, 15) is 28.5 Å². The van der Waals surface area contributed by atoms with Gasteiger partial charge in [0.1, 0.15) is 21.6 Å². The second-order valence-electron chi connectivity index (χ2n) is 7.64. The Kier molecular flexibility index (Phi) is 6.49. The molecular formula is C21H20F2N8O4S. The highest BCUT2D eigenvalue weighted by Crippen LogP contribution is 2.43. The van der Waals surface area contributed by atoms with Gasteiger partial charge in [-0.15, -0.1) is 11.3 Å². The number of amides is 2. The molecule has 0 bridgehead atoms. The van der Waals surface area contributed by atoms with E-state index in [1.807, 2.05) is 6.92 Å². The molecule has 36 heavy (non-hydrogen) atoms. The van der Waals surface area contributed by atoms with E-state index in [0.29, 0.717) is 17.8 Å². The van der Waals surface area contributed by atoms with E-state index in [2.05, 4.69) is 20.5 Å².